The highest BCUT2D eigenvalue weighted by atomic mass is 16.6. The number of hydrogen-bond acceptors (Lipinski definition) is 4. The van der Waals surface area contributed by atoms with E-state index in [9.17, 15) is 9.59 Å². The second-order valence-corrected chi connectivity index (χ2v) is 3.77. The number of methoxy groups -OCH3 is 1. The molecule has 0 radical (unpaired) electrons. The molecule has 0 bridgehead atoms. The van der Waals surface area contributed by atoms with Gasteiger partial charge in [0, 0.05) is 6.42 Å². The number of esters is 1. The molecule has 2 rings (SSSR count). The van der Waals surface area contributed by atoms with Crippen LogP contribution in [0.4, 0.5) is 4.79 Å². The standard InChI is InChI=1S/C12H13NO4/c1-16-10(14)12(7-8-17-11(15)13-12)9-5-3-2-4-6-9/h2-6H,7-8H2,1H3,(H,13,15)/t12-/m1/s1. The molecule has 5 nitrogen and oxygen atoms in total. The number of cyclic esters (lactones) is 1. The fraction of sp³-hybridized carbons (Fsp3) is 0.333. The molecule has 1 aliphatic heterocycles. The molecule has 1 N–H and O–H groups in total. The van der Waals surface area contributed by atoms with Gasteiger partial charge in [-0.1, -0.05) is 30.3 Å². The summed E-state index contributed by atoms with van der Waals surface area (Å²) in [6.07, 6.45) is -0.249. The average Bonchev–Trinajstić information content (AvgIpc) is 2.38. The Morgan fingerprint density at radius 1 is 1.41 bits per heavy atom. The van der Waals surface area contributed by atoms with Crippen molar-refractivity contribution in [3.8, 4) is 0 Å². The molecule has 1 amide bonds. The van der Waals surface area contributed by atoms with Crippen LogP contribution in [0.25, 0.3) is 0 Å². The Hall–Kier alpha value is -2.04. The van der Waals surface area contributed by atoms with E-state index in [2.05, 4.69) is 5.32 Å². The van der Waals surface area contributed by atoms with Crippen molar-refractivity contribution in [2.45, 2.75) is 12.0 Å². The van der Waals surface area contributed by atoms with Crippen LogP contribution < -0.4 is 5.32 Å². The van der Waals surface area contributed by atoms with Gasteiger partial charge in [-0.3, -0.25) is 0 Å². The van der Waals surface area contributed by atoms with Crippen molar-refractivity contribution >= 4 is 12.1 Å². The number of benzene rings is 1. The number of amides is 1. The Morgan fingerprint density at radius 2 is 2.12 bits per heavy atom. The Morgan fingerprint density at radius 3 is 2.71 bits per heavy atom. The molecule has 5 heteroatoms. The van der Waals surface area contributed by atoms with Gasteiger partial charge in [0.1, 0.15) is 0 Å². The number of carbonyl (C=O) groups excluding carboxylic acids is 2. The molecular formula is C12H13NO4. The molecule has 1 saturated heterocycles. The van der Waals surface area contributed by atoms with Crippen molar-refractivity contribution in [1.82, 2.24) is 5.32 Å². The van der Waals surface area contributed by atoms with E-state index in [-0.39, 0.29) is 6.61 Å². The monoisotopic (exact) mass is 235 g/mol. The molecule has 0 unspecified atom stereocenters. The van der Waals surface area contributed by atoms with Gasteiger partial charge in [-0.05, 0) is 5.56 Å². The van der Waals surface area contributed by atoms with E-state index in [1.807, 2.05) is 18.2 Å². The number of hydrogen-bond donors (Lipinski definition) is 1. The van der Waals surface area contributed by atoms with Gasteiger partial charge in [0.2, 0.25) is 0 Å². The SMILES string of the molecule is COC(=O)[C@]1(c2ccccc2)CCOC(=O)N1. The van der Waals surface area contributed by atoms with Crippen molar-refractivity contribution in [2.75, 3.05) is 13.7 Å². The number of alkyl carbamates (subject to hydrolysis) is 1. The topological polar surface area (TPSA) is 64.6 Å². The Bertz CT molecular complexity index is 431. The van der Waals surface area contributed by atoms with Crippen LogP contribution in [0.5, 0.6) is 0 Å². The second-order valence-electron chi connectivity index (χ2n) is 3.77. The largest absolute Gasteiger partial charge is 0.467 e. The maximum atomic E-state index is 11.9. The lowest BCUT2D eigenvalue weighted by molar-refractivity contribution is -0.151. The first-order chi connectivity index (χ1) is 8.19. The van der Waals surface area contributed by atoms with Gasteiger partial charge in [-0.2, -0.15) is 0 Å². The number of rotatable bonds is 2. The third-order valence-corrected chi connectivity index (χ3v) is 2.83. The number of ether oxygens (including phenoxy) is 2. The van der Waals surface area contributed by atoms with Crippen LogP contribution in [0.15, 0.2) is 30.3 Å². The number of carbonyl (C=O) groups is 2. The summed E-state index contributed by atoms with van der Waals surface area (Å²) in [5, 5.41) is 2.56. The predicted molar refractivity (Wildman–Crippen MR) is 59.2 cm³/mol. The van der Waals surface area contributed by atoms with Gasteiger partial charge in [-0.15, -0.1) is 0 Å². The third kappa shape index (κ3) is 1.95. The summed E-state index contributed by atoms with van der Waals surface area (Å²) in [6.45, 7) is 0.190. The highest BCUT2D eigenvalue weighted by Gasteiger charge is 2.45. The molecule has 0 spiro atoms. The lowest BCUT2D eigenvalue weighted by Crippen LogP contribution is -2.56. The maximum Gasteiger partial charge on any atom is 0.408 e. The second kappa shape index (κ2) is 4.45. The third-order valence-electron chi connectivity index (χ3n) is 2.83. The summed E-state index contributed by atoms with van der Waals surface area (Å²) < 4.78 is 9.58. The minimum Gasteiger partial charge on any atom is -0.467 e. The quantitative estimate of drug-likeness (QED) is 0.782. The lowest BCUT2D eigenvalue weighted by Gasteiger charge is -2.35. The summed E-state index contributed by atoms with van der Waals surface area (Å²) in [7, 11) is 1.30. The van der Waals surface area contributed by atoms with Crippen molar-refractivity contribution in [3.05, 3.63) is 35.9 Å². The van der Waals surface area contributed by atoms with Gasteiger partial charge >= 0.3 is 12.1 Å². The smallest absolute Gasteiger partial charge is 0.408 e. The molecular weight excluding hydrogens is 222 g/mol. The van der Waals surface area contributed by atoms with Gasteiger partial charge < -0.3 is 14.8 Å². The maximum absolute atomic E-state index is 11.9. The minimum absolute atomic E-state index is 0.190. The average molecular weight is 235 g/mol. The molecule has 90 valence electrons. The van der Waals surface area contributed by atoms with Gasteiger partial charge in [-0.25, -0.2) is 9.59 Å². The fourth-order valence-electron chi connectivity index (χ4n) is 1.95. The van der Waals surface area contributed by atoms with Gasteiger partial charge in [0.05, 0.1) is 13.7 Å². The first kappa shape index (κ1) is 11.4. The minimum atomic E-state index is -1.13. The van der Waals surface area contributed by atoms with E-state index in [1.54, 1.807) is 12.1 Å². The molecule has 1 atom stereocenters. The van der Waals surface area contributed by atoms with Crippen LogP contribution >= 0.6 is 0 Å². The number of nitrogens with one attached hydrogen (secondary N) is 1. The van der Waals surface area contributed by atoms with E-state index in [4.69, 9.17) is 9.47 Å². The highest BCUT2D eigenvalue weighted by molar-refractivity contribution is 5.88. The van der Waals surface area contributed by atoms with E-state index >= 15 is 0 Å². The Balaban J connectivity index is 2.43. The van der Waals surface area contributed by atoms with Crippen molar-refractivity contribution < 1.29 is 19.1 Å². The van der Waals surface area contributed by atoms with E-state index in [1.165, 1.54) is 7.11 Å². The summed E-state index contributed by atoms with van der Waals surface area (Å²) in [4.78, 5) is 23.3. The summed E-state index contributed by atoms with van der Waals surface area (Å²) in [6, 6.07) is 9.02. The molecule has 1 aromatic carbocycles. The zero-order chi connectivity index (χ0) is 12.3. The summed E-state index contributed by atoms with van der Waals surface area (Å²) in [5.41, 5.74) is -0.436. The molecule has 1 heterocycles. The summed E-state index contributed by atoms with van der Waals surface area (Å²) >= 11 is 0. The summed E-state index contributed by atoms with van der Waals surface area (Å²) in [5.74, 6) is -0.486. The highest BCUT2D eigenvalue weighted by Crippen LogP contribution is 2.29. The predicted octanol–water partition coefficient (Wildman–Crippen LogP) is 1.18. The molecule has 1 aliphatic rings. The fourth-order valence-corrected chi connectivity index (χ4v) is 1.95. The first-order valence-corrected chi connectivity index (χ1v) is 5.28. The molecule has 17 heavy (non-hydrogen) atoms. The molecule has 1 fully saturated rings. The first-order valence-electron chi connectivity index (χ1n) is 5.28. The van der Waals surface area contributed by atoms with E-state index < -0.39 is 17.6 Å². The lowest BCUT2D eigenvalue weighted by atomic mass is 9.86. The molecule has 0 aliphatic carbocycles. The van der Waals surface area contributed by atoms with Crippen LogP contribution in [-0.4, -0.2) is 25.8 Å². The molecule has 0 aromatic heterocycles. The van der Waals surface area contributed by atoms with Gasteiger partial charge in [0.15, 0.2) is 5.54 Å². The van der Waals surface area contributed by atoms with Crippen LogP contribution in [-0.2, 0) is 19.8 Å². The van der Waals surface area contributed by atoms with Crippen molar-refractivity contribution in [2.24, 2.45) is 0 Å². The Labute approximate surface area is 98.7 Å². The van der Waals surface area contributed by atoms with Crippen LogP contribution in [0.3, 0.4) is 0 Å². The van der Waals surface area contributed by atoms with Crippen molar-refractivity contribution in [3.63, 3.8) is 0 Å². The van der Waals surface area contributed by atoms with E-state index in [0.29, 0.717) is 12.0 Å². The molecule has 1 aromatic rings. The zero-order valence-electron chi connectivity index (χ0n) is 9.43. The van der Waals surface area contributed by atoms with Crippen LogP contribution in [0, 0.1) is 0 Å². The van der Waals surface area contributed by atoms with Gasteiger partial charge in [0.25, 0.3) is 0 Å². The normalized spacial score (nSPS) is 23.5. The Kier molecular flexibility index (Phi) is 2.99. The van der Waals surface area contributed by atoms with Crippen LogP contribution in [0.2, 0.25) is 0 Å². The van der Waals surface area contributed by atoms with Crippen LogP contribution in [0.1, 0.15) is 12.0 Å². The molecule has 0 saturated carbocycles. The zero-order valence-corrected chi connectivity index (χ0v) is 9.43. The van der Waals surface area contributed by atoms with Crippen molar-refractivity contribution in [1.29, 1.82) is 0 Å². The van der Waals surface area contributed by atoms with E-state index in [0.717, 1.165) is 0 Å².